The number of hydrogen-bond donors (Lipinski definition) is 1. The van der Waals surface area contributed by atoms with Gasteiger partial charge in [-0.3, -0.25) is 4.90 Å². The van der Waals surface area contributed by atoms with Crippen LogP contribution in [0.15, 0.2) is 28.7 Å². The Kier molecular flexibility index (Phi) is 5.65. The summed E-state index contributed by atoms with van der Waals surface area (Å²) in [6.45, 7) is 10.3. The molecule has 0 saturated carbocycles. The lowest BCUT2D eigenvalue weighted by Gasteiger charge is -2.37. The van der Waals surface area contributed by atoms with Crippen molar-refractivity contribution in [1.82, 2.24) is 10.2 Å². The molecule has 0 amide bonds. The molecule has 1 saturated heterocycles. The van der Waals surface area contributed by atoms with E-state index in [1.165, 1.54) is 24.8 Å². The maximum absolute atomic E-state index is 3.80. The van der Waals surface area contributed by atoms with Crippen molar-refractivity contribution >= 4 is 15.9 Å². The lowest BCUT2D eigenvalue weighted by molar-refractivity contribution is 0.152. The van der Waals surface area contributed by atoms with E-state index in [1.807, 2.05) is 0 Å². The lowest BCUT2D eigenvalue weighted by atomic mass is 9.92. The van der Waals surface area contributed by atoms with Gasteiger partial charge in [0.2, 0.25) is 0 Å². The van der Waals surface area contributed by atoms with Gasteiger partial charge in [-0.1, -0.05) is 41.9 Å². The number of rotatable bonds is 4. The molecule has 3 heteroatoms. The summed E-state index contributed by atoms with van der Waals surface area (Å²) in [5.74, 6) is 0. The van der Waals surface area contributed by atoms with Gasteiger partial charge in [-0.2, -0.15) is 0 Å². The van der Waals surface area contributed by atoms with E-state index in [1.54, 1.807) is 0 Å². The van der Waals surface area contributed by atoms with Crippen molar-refractivity contribution in [3.8, 4) is 0 Å². The summed E-state index contributed by atoms with van der Waals surface area (Å²) in [5, 5.41) is 3.80. The van der Waals surface area contributed by atoms with Crippen LogP contribution in [0.2, 0.25) is 0 Å². The van der Waals surface area contributed by atoms with Gasteiger partial charge < -0.3 is 5.32 Å². The van der Waals surface area contributed by atoms with Gasteiger partial charge in [-0.15, -0.1) is 0 Å². The Bertz CT molecular complexity index is 412. The fourth-order valence-corrected chi connectivity index (χ4v) is 3.35. The molecule has 0 spiro atoms. The van der Waals surface area contributed by atoms with Gasteiger partial charge in [0.1, 0.15) is 0 Å². The predicted molar refractivity (Wildman–Crippen MR) is 89.9 cm³/mol. The molecule has 1 aromatic rings. The molecule has 1 aliphatic heterocycles. The van der Waals surface area contributed by atoms with E-state index < -0.39 is 0 Å². The highest BCUT2D eigenvalue weighted by Crippen LogP contribution is 2.24. The summed E-state index contributed by atoms with van der Waals surface area (Å²) in [5.41, 5.74) is 1.70. The molecule has 1 unspecified atom stereocenters. The fourth-order valence-electron chi connectivity index (χ4n) is 3.09. The Morgan fingerprint density at radius 3 is 2.50 bits per heavy atom. The molecule has 1 atom stereocenters. The smallest absolute Gasteiger partial charge is 0.0303 e. The van der Waals surface area contributed by atoms with Gasteiger partial charge in [-0.25, -0.2) is 0 Å². The second-order valence-electron chi connectivity index (χ2n) is 6.08. The topological polar surface area (TPSA) is 15.3 Å². The van der Waals surface area contributed by atoms with Crippen molar-refractivity contribution < 1.29 is 0 Å². The fraction of sp³-hybridized carbons (Fsp3) is 0.647. The molecular weight excluding hydrogens is 312 g/mol. The molecule has 0 aromatic heterocycles. The minimum Gasteiger partial charge on any atom is -0.310 e. The molecule has 1 fully saturated rings. The van der Waals surface area contributed by atoms with Gasteiger partial charge in [0.05, 0.1) is 0 Å². The highest BCUT2D eigenvalue weighted by atomic mass is 79.9. The molecule has 0 aliphatic carbocycles. The molecule has 1 aromatic carbocycles. The Hall–Kier alpha value is -0.380. The Balaban J connectivity index is 2.12. The normalized spacial score (nSPS) is 23.5. The highest BCUT2D eigenvalue weighted by Gasteiger charge is 2.32. The molecule has 1 N–H and O–H groups in total. The van der Waals surface area contributed by atoms with Crippen LogP contribution in [0.3, 0.4) is 0 Å². The van der Waals surface area contributed by atoms with Gasteiger partial charge >= 0.3 is 0 Å². The number of benzene rings is 1. The number of halogens is 1. The zero-order valence-electron chi connectivity index (χ0n) is 13.0. The molecule has 112 valence electrons. The molecule has 0 radical (unpaired) electrons. The Morgan fingerprint density at radius 2 is 1.90 bits per heavy atom. The summed E-state index contributed by atoms with van der Waals surface area (Å²) in [7, 11) is 0. The zero-order valence-corrected chi connectivity index (χ0v) is 14.5. The average molecular weight is 339 g/mol. The van der Waals surface area contributed by atoms with E-state index in [9.17, 15) is 0 Å². The van der Waals surface area contributed by atoms with Crippen molar-refractivity contribution in [2.45, 2.75) is 58.2 Å². The average Bonchev–Trinajstić information content (AvgIpc) is 2.62. The summed E-state index contributed by atoms with van der Waals surface area (Å²) in [4.78, 5) is 2.65. The monoisotopic (exact) mass is 338 g/mol. The molecule has 1 aliphatic rings. The van der Waals surface area contributed by atoms with E-state index in [4.69, 9.17) is 0 Å². The first-order valence-electron chi connectivity index (χ1n) is 7.82. The van der Waals surface area contributed by atoms with Crippen LogP contribution in [0.1, 0.15) is 45.6 Å². The van der Waals surface area contributed by atoms with E-state index in [0.717, 1.165) is 24.1 Å². The van der Waals surface area contributed by atoms with Crippen LogP contribution in [0.25, 0.3) is 0 Å². The van der Waals surface area contributed by atoms with Gasteiger partial charge in [-0.05, 0) is 50.4 Å². The van der Waals surface area contributed by atoms with Crippen molar-refractivity contribution in [1.29, 1.82) is 0 Å². The standard InChI is InChI=1S/C17H27BrN2/c1-4-17(5-2)13-20(14(3)10-11-19-17)12-15-6-8-16(18)9-7-15/h6-9,14,19H,4-5,10-13H2,1-3H3. The van der Waals surface area contributed by atoms with Crippen LogP contribution in [-0.4, -0.2) is 29.6 Å². The molecule has 2 rings (SSSR count). The third-order valence-electron chi connectivity index (χ3n) is 4.84. The quantitative estimate of drug-likeness (QED) is 0.885. The third-order valence-corrected chi connectivity index (χ3v) is 5.37. The predicted octanol–water partition coefficient (Wildman–Crippen LogP) is 4.19. The molecule has 20 heavy (non-hydrogen) atoms. The molecule has 1 heterocycles. The van der Waals surface area contributed by atoms with Crippen LogP contribution in [0, 0.1) is 0 Å². The van der Waals surface area contributed by atoms with Crippen LogP contribution in [0.5, 0.6) is 0 Å². The Morgan fingerprint density at radius 1 is 1.25 bits per heavy atom. The van der Waals surface area contributed by atoms with E-state index in [0.29, 0.717) is 11.6 Å². The Labute approximate surface area is 132 Å². The lowest BCUT2D eigenvalue weighted by Crippen LogP contribution is -2.51. The van der Waals surface area contributed by atoms with E-state index in [-0.39, 0.29) is 0 Å². The molecular formula is C17H27BrN2. The molecule has 0 bridgehead atoms. The first kappa shape index (κ1) is 16.0. The van der Waals surface area contributed by atoms with Crippen molar-refractivity contribution in [3.05, 3.63) is 34.3 Å². The second kappa shape index (κ2) is 7.06. The SMILES string of the molecule is CCC1(CC)CN(Cc2ccc(Br)cc2)C(C)CCN1. The maximum atomic E-state index is 3.80. The van der Waals surface area contributed by atoms with E-state index >= 15 is 0 Å². The number of nitrogens with one attached hydrogen (secondary N) is 1. The largest absolute Gasteiger partial charge is 0.310 e. The highest BCUT2D eigenvalue weighted by molar-refractivity contribution is 9.10. The summed E-state index contributed by atoms with van der Waals surface area (Å²) in [6.07, 6.45) is 3.64. The van der Waals surface area contributed by atoms with Crippen LogP contribution in [0.4, 0.5) is 0 Å². The van der Waals surface area contributed by atoms with E-state index in [2.05, 4.69) is 71.2 Å². The van der Waals surface area contributed by atoms with Crippen molar-refractivity contribution in [2.24, 2.45) is 0 Å². The van der Waals surface area contributed by atoms with Gasteiger partial charge in [0.25, 0.3) is 0 Å². The first-order valence-corrected chi connectivity index (χ1v) is 8.61. The zero-order chi connectivity index (χ0) is 14.6. The van der Waals surface area contributed by atoms with Crippen LogP contribution < -0.4 is 5.32 Å². The van der Waals surface area contributed by atoms with Crippen LogP contribution in [-0.2, 0) is 6.54 Å². The van der Waals surface area contributed by atoms with Gasteiger partial charge in [0, 0.05) is 29.1 Å². The number of nitrogens with zero attached hydrogens (tertiary/aromatic N) is 1. The summed E-state index contributed by atoms with van der Waals surface area (Å²) < 4.78 is 1.16. The molecule has 2 nitrogen and oxygen atoms in total. The van der Waals surface area contributed by atoms with Crippen molar-refractivity contribution in [2.75, 3.05) is 13.1 Å². The minimum absolute atomic E-state index is 0.292. The number of hydrogen-bond acceptors (Lipinski definition) is 2. The van der Waals surface area contributed by atoms with Crippen molar-refractivity contribution in [3.63, 3.8) is 0 Å². The third kappa shape index (κ3) is 3.84. The minimum atomic E-state index is 0.292. The van der Waals surface area contributed by atoms with Gasteiger partial charge in [0.15, 0.2) is 0 Å². The van der Waals surface area contributed by atoms with Crippen LogP contribution >= 0.6 is 15.9 Å². The first-order chi connectivity index (χ1) is 9.58. The second-order valence-corrected chi connectivity index (χ2v) is 7.00. The summed E-state index contributed by atoms with van der Waals surface area (Å²) in [6, 6.07) is 9.39. The summed E-state index contributed by atoms with van der Waals surface area (Å²) >= 11 is 3.51. The maximum Gasteiger partial charge on any atom is 0.0303 e.